The maximum atomic E-state index is 9.73. The van der Waals surface area contributed by atoms with Crippen LogP contribution >= 0.6 is 0 Å². The van der Waals surface area contributed by atoms with Crippen LogP contribution in [0.1, 0.15) is 59.2 Å². The summed E-state index contributed by atoms with van der Waals surface area (Å²) < 4.78 is 1.98. The lowest BCUT2D eigenvalue weighted by Gasteiger charge is -2.36. The first kappa shape index (κ1) is 16.0. The standard InChI is InChI=1S/C17H28N4/c1-13(2)10-21-16(19-12-20-21)9-17(11-18)7-5-15(6-8-17)14(3)4/h12-15H,5-10H2,1-4H3. The van der Waals surface area contributed by atoms with Crippen molar-refractivity contribution in [3.05, 3.63) is 12.2 Å². The predicted octanol–water partition coefficient (Wildman–Crippen LogP) is 3.83. The second-order valence-corrected chi connectivity index (χ2v) is 7.40. The highest BCUT2D eigenvalue weighted by Gasteiger charge is 2.37. The third-order valence-corrected chi connectivity index (χ3v) is 4.90. The van der Waals surface area contributed by atoms with Crippen LogP contribution in [0.15, 0.2) is 6.33 Å². The molecule has 0 atom stereocenters. The minimum absolute atomic E-state index is 0.229. The Balaban J connectivity index is 2.07. The Bertz CT molecular complexity index is 487. The molecule has 0 saturated heterocycles. The Hall–Kier alpha value is -1.37. The second-order valence-electron chi connectivity index (χ2n) is 7.40. The van der Waals surface area contributed by atoms with E-state index in [1.807, 2.05) is 4.68 Å². The molecule has 4 heteroatoms. The Morgan fingerprint density at radius 1 is 1.33 bits per heavy atom. The molecule has 116 valence electrons. The van der Waals surface area contributed by atoms with Gasteiger partial charge in [-0.25, -0.2) is 9.67 Å². The quantitative estimate of drug-likeness (QED) is 0.827. The molecule has 0 aromatic carbocycles. The van der Waals surface area contributed by atoms with E-state index in [-0.39, 0.29) is 5.41 Å². The van der Waals surface area contributed by atoms with Crippen molar-refractivity contribution in [3.8, 4) is 6.07 Å². The van der Waals surface area contributed by atoms with Crippen LogP contribution in [0, 0.1) is 34.5 Å². The zero-order valence-electron chi connectivity index (χ0n) is 13.8. The first-order chi connectivity index (χ1) is 9.96. The molecule has 0 N–H and O–H groups in total. The average molecular weight is 288 g/mol. The summed E-state index contributed by atoms with van der Waals surface area (Å²) in [5.41, 5.74) is -0.229. The fraction of sp³-hybridized carbons (Fsp3) is 0.824. The predicted molar refractivity (Wildman–Crippen MR) is 83.4 cm³/mol. The summed E-state index contributed by atoms with van der Waals surface area (Å²) in [5.74, 6) is 3.03. The summed E-state index contributed by atoms with van der Waals surface area (Å²) in [7, 11) is 0. The molecule has 1 heterocycles. The van der Waals surface area contributed by atoms with E-state index in [1.165, 1.54) is 12.8 Å². The maximum Gasteiger partial charge on any atom is 0.138 e. The molecule has 0 unspecified atom stereocenters. The van der Waals surface area contributed by atoms with Crippen LogP contribution in [0.3, 0.4) is 0 Å². The Kier molecular flexibility index (Phi) is 5.03. The van der Waals surface area contributed by atoms with Crippen molar-refractivity contribution in [1.82, 2.24) is 14.8 Å². The van der Waals surface area contributed by atoms with Crippen molar-refractivity contribution in [2.75, 3.05) is 0 Å². The van der Waals surface area contributed by atoms with Crippen molar-refractivity contribution < 1.29 is 0 Å². The number of rotatable bonds is 5. The van der Waals surface area contributed by atoms with Gasteiger partial charge in [-0.05, 0) is 43.4 Å². The van der Waals surface area contributed by atoms with Gasteiger partial charge < -0.3 is 0 Å². The molecule has 0 spiro atoms. The minimum Gasteiger partial charge on any atom is -0.250 e. The molecule has 0 bridgehead atoms. The van der Waals surface area contributed by atoms with Crippen LogP contribution in [0.4, 0.5) is 0 Å². The van der Waals surface area contributed by atoms with E-state index in [2.05, 4.69) is 43.8 Å². The highest BCUT2D eigenvalue weighted by Crippen LogP contribution is 2.42. The Morgan fingerprint density at radius 3 is 2.52 bits per heavy atom. The van der Waals surface area contributed by atoms with Gasteiger partial charge in [0.15, 0.2) is 0 Å². The third kappa shape index (κ3) is 3.84. The van der Waals surface area contributed by atoms with Crippen LogP contribution in [-0.4, -0.2) is 14.8 Å². The Labute approximate surface area is 128 Å². The van der Waals surface area contributed by atoms with E-state index >= 15 is 0 Å². The molecular formula is C17H28N4. The molecule has 1 aromatic heterocycles. The molecule has 1 saturated carbocycles. The second kappa shape index (κ2) is 6.60. The fourth-order valence-electron chi connectivity index (χ4n) is 3.41. The lowest BCUT2D eigenvalue weighted by Crippen LogP contribution is -2.31. The molecular weight excluding hydrogens is 260 g/mol. The van der Waals surface area contributed by atoms with E-state index in [9.17, 15) is 5.26 Å². The summed E-state index contributed by atoms with van der Waals surface area (Å²) in [6.45, 7) is 9.83. The molecule has 0 amide bonds. The first-order valence-corrected chi connectivity index (χ1v) is 8.24. The molecule has 21 heavy (non-hydrogen) atoms. The van der Waals surface area contributed by atoms with Gasteiger partial charge in [-0.2, -0.15) is 10.4 Å². The average Bonchev–Trinajstić information content (AvgIpc) is 2.85. The molecule has 0 aliphatic heterocycles. The zero-order valence-corrected chi connectivity index (χ0v) is 13.8. The molecule has 0 radical (unpaired) electrons. The van der Waals surface area contributed by atoms with Crippen molar-refractivity contribution in [1.29, 1.82) is 5.26 Å². The van der Waals surface area contributed by atoms with Gasteiger partial charge in [-0.15, -0.1) is 0 Å². The normalized spacial score (nSPS) is 26.2. The monoisotopic (exact) mass is 288 g/mol. The van der Waals surface area contributed by atoms with E-state index in [4.69, 9.17) is 0 Å². The summed E-state index contributed by atoms with van der Waals surface area (Å²) >= 11 is 0. The highest BCUT2D eigenvalue weighted by atomic mass is 15.3. The molecule has 1 aliphatic rings. The number of hydrogen-bond acceptors (Lipinski definition) is 3. The summed E-state index contributed by atoms with van der Waals surface area (Å²) in [5, 5.41) is 14.1. The number of aromatic nitrogens is 3. The van der Waals surface area contributed by atoms with Crippen LogP contribution in [0.5, 0.6) is 0 Å². The fourth-order valence-corrected chi connectivity index (χ4v) is 3.41. The first-order valence-electron chi connectivity index (χ1n) is 8.24. The van der Waals surface area contributed by atoms with Gasteiger partial charge >= 0.3 is 0 Å². The largest absolute Gasteiger partial charge is 0.250 e. The van der Waals surface area contributed by atoms with Gasteiger partial charge in [0.05, 0.1) is 11.5 Å². The van der Waals surface area contributed by atoms with Crippen LogP contribution in [0.2, 0.25) is 0 Å². The van der Waals surface area contributed by atoms with Crippen molar-refractivity contribution in [3.63, 3.8) is 0 Å². The van der Waals surface area contributed by atoms with Gasteiger partial charge in [0.2, 0.25) is 0 Å². The van der Waals surface area contributed by atoms with Crippen molar-refractivity contribution >= 4 is 0 Å². The van der Waals surface area contributed by atoms with Crippen LogP contribution in [-0.2, 0) is 13.0 Å². The van der Waals surface area contributed by atoms with Crippen LogP contribution in [0.25, 0.3) is 0 Å². The molecule has 2 rings (SSSR count). The van der Waals surface area contributed by atoms with Crippen molar-refractivity contribution in [2.24, 2.45) is 23.2 Å². The van der Waals surface area contributed by atoms with E-state index in [0.29, 0.717) is 5.92 Å². The van der Waals surface area contributed by atoms with Gasteiger partial charge in [0.25, 0.3) is 0 Å². The highest BCUT2D eigenvalue weighted by molar-refractivity contribution is 5.07. The van der Waals surface area contributed by atoms with Gasteiger partial charge in [-0.1, -0.05) is 27.7 Å². The molecule has 1 aliphatic carbocycles. The van der Waals surface area contributed by atoms with Gasteiger partial charge in [0.1, 0.15) is 12.2 Å². The zero-order chi connectivity index (χ0) is 15.5. The Morgan fingerprint density at radius 2 is 2.00 bits per heavy atom. The van der Waals surface area contributed by atoms with Gasteiger partial charge in [0, 0.05) is 13.0 Å². The lowest BCUT2D eigenvalue weighted by atomic mass is 9.67. The van der Waals surface area contributed by atoms with E-state index in [0.717, 1.165) is 43.5 Å². The lowest BCUT2D eigenvalue weighted by molar-refractivity contribution is 0.171. The van der Waals surface area contributed by atoms with Gasteiger partial charge in [-0.3, -0.25) is 0 Å². The summed E-state index contributed by atoms with van der Waals surface area (Å²) in [6, 6.07) is 2.61. The SMILES string of the molecule is CC(C)Cn1ncnc1CC1(C#N)CCC(C(C)C)CC1. The number of nitrogens with zero attached hydrogens (tertiary/aromatic N) is 4. The van der Waals surface area contributed by atoms with Crippen LogP contribution < -0.4 is 0 Å². The smallest absolute Gasteiger partial charge is 0.138 e. The van der Waals surface area contributed by atoms with Crippen molar-refractivity contribution in [2.45, 2.75) is 66.3 Å². The summed E-state index contributed by atoms with van der Waals surface area (Å²) in [4.78, 5) is 4.41. The summed E-state index contributed by atoms with van der Waals surface area (Å²) in [6.07, 6.45) is 6.72. The molecule has 1 fully saturated rings. The maximum absolute atomic E-state index is 9.73. The molecule has 1 aromatic rings. The van der Waals surface area contributed by atoms with E-state index in [1.54, 1.807) is 6.33 Å². The number of hydrogen-bond donors (Lipinski definition) is 0. The minimum atomic E-state index is -0.229. The third-order valence-electron chi connectivity index (χ3n) is 4.90. The topological polar surface area (TPSA) is 54.5 Å². The van der Waals surface area contributed by atoms with E-state index < -0.39 is 0 Å². The molecule has 4 nitrogen and oxygen atoms in total. The number of nitriles is 1.